The van der Waals surface area contributed by atoms with Gasteiger partial charge in [0, 0.05) is 40.1 Å². The average Bonchev–Trinajstić information content (AvgIpc) is 3.49. The topological polar surface area (TPSA) is 54.1 Å². The Hall–Kier alpha value is -5.84. The third-order valence-corrected chi connectivity index (χ3v) is 8.55. The molecule has 1 aliphatic heterocycles. The maximum absolute atomic E-state index is 9.41. The highest BCUT2D eigenvalue weighted by atomic mass is 15.2. The fraction of sp³-hybridized carbons (Fsp3) is 0.0526. The van der Waals surface area contributed by atoms with Gasteiger partial charge in [-0.15, -0.1) is 0 Å². The number of fused-ring (bicyclic) bond motifs is 1. The van der Waals surface area contributed by atoms with Gasteiger partial charge in [-0.25, -0.2) is 0 Å². The molecule has 0 saturated carbocycles. The van der Waals surface area contributed by atoms with Crippen molar-refractivity contribution in [3.05, 3.63) is 138 Å². The van der Waals surface area contributed by atoms with Gasteiger partial charge in [-0.1, -0.05) is 54.6 Å². The van der Waals surface area contributed by atoms with Crippen molar-refractivity contribution in [2.45, 2.75) is 6.42 Å². The highest BCUT2D eigenvalue weighted by Crippen LogP contribution is 2.47. The zero-order valence-electron chi connectivity index (χ0n) is 22.8. The fourth-order valence-electron chi connectivity index (χ4n) is 6.59. The van der Waals surface area contributed by atoms with E-state index < -0.39 is 0 Å². The van der Waals surface area contributed by atoms with Gasteiger partial charge in [0.1, 0.15) is 0 Å². The second-order valence-electron chi connectivity index (χ2n) is 10.8. The van der Waals surface area contributed by atoms with E-state index >= 15 is 0 Å². The number of benzene rings is 7. The lowest BCUT2D eigenvalue weighted by molar-refractivity contribution is 1.00. The molecule has 196 valence electrons. The molecule has 8 rings (SSSR count). The predicted molar refractivity (Wildman–Crippen MR) is 171 cm³/mol. The molecule has 0 fully saturated rings. The summed E-state index contributed by atoms with van der Waals surface area (Å²) in [5, 5.41) is 26.2. The van der Waals surface area contributed by atoms with Gasteiger partial charge in [-0.3, -0.25) is 0 Å². The smallest absolute Gasteiger partial charge is 0.0991 e. The van der Waals surface area contributed by atoms with Crippen LogP contribution in [-0.2, 0) is 6.42 Å². The number of para-hydroxylation sites is 1. The quantitative estimate of drug-likeness (QED) is 0.210. The van der Waals surface area contributed by atoms with Gasteiger partial charge in [-0.2, -0.15) is 10.5 Å². The summed E-state index contributed by atoms with van der Waals surface area (Å²) in [6.07, 6.45) is 1.05. The SMILES string of the molecule is N#Cc1ccc(N(c2ccc(C#N)cc2)c2ccc3ccc4c(N5CCc6ccccc65)ccc5ccc2c3c54)cc1. The number of nitrogens with zero attached hydrogens (tertiary/aromatic N) is 4. The van der Waals surface area contributed by atoms with E-state index in [2.05, 4.69) is 94.7 Å². The molecule has 7 aromatic rings. The second kappa shape index (κ2) is 9.37. The fourth-order valence-corrected chi connectivity index (χ4v) is 6.59. The molecule has 0 saturated heterocycles. The van der Waals surface area contributed by atoms with E-state index in [0.717, 1.165) is 35.4 Å². The molecule has 0 aliphatic carbocycles. The van der Waals surface area contributed by atoms with Gasteiger partial charge >= 0.3 is 0 Å². The van der Waals surface area contributed by atoms with Crippen LogP contribution in [0.2, 0.25) is 0 Å². The molecular formula is C38H24N4. The Morgan fingerprint density at radius 2 is 1.12 bits per heavy atom. The molecule has 0 amide bonds. The highest BCUT2D eigenvalue weighted by Gasteiger charge is 2.24. The molecule has 4 heteroatoms. The van der Waals surface area contributed by atoms with Crippen LogP contribution in [0.25, 0.3) is 32.3 Å². The van der Waals surface area contributed by atoms with Crippen molar-refractivity contribution in [3.8, 4) is 12.1 Å². The summed E-state index contributed by atoms with van der Waals surface area (Å²) in [5.41, 5.74) is 8.10. The predicted octanol–water partition coefficient (Wildman–Crippen LogP) is 9.49. The average molecular weight is 537 g/mol. The van der Waals surface area contributed by atoms with Crippen LogP contribution >= 0.6 is 0 Å². The second-order valence-corrected chi connectivity index (χ2v) is 10.8. The lowest BCUT2D eigenvalue weighted by Crippen LogP contribution is -2.13. The third kappa shape index (κ3) is 3.60. The van der Waals surface area contributed by atoms with Crippen LogP contribution in [0.1, 0.15) is 16.7 Å². The number of anilines is 5. The summed E-state index contributed by atoms with van der Waals surface area (Å²) >= 11 is 0. The van der Waals surface area contributed by atoms with Gasteiger partial charge < -0.3 is 9.80 Å². The summed E-state index contributed by atoms with van der Waals surface area (Å²) < 4.78 is 0. The molecule has 42 heavy (non-hydrogen) atoms. The van der Waals surface area contributed by atoms with Crippen molar-refractivity contribution in [1.82, 2.24) is 0 Å². The highest BCUT2D eigenvalue weighted by molar-refractivity contribution is 6.28. The molecule has 0 aromatic heterocycles. The first-order valence-corrected chi connectivity index (χ1v) is 14.1. The van der Waals surface area contributed by atoms with Crippen LogP contribution in [0, 0.1) is 22.7 Å². The number of nitriles is 2. The molecule has 0 radical (unpaired) electrons. The van der Waals surface area contributed by atoms with Crippen LogP contribution in [0.3, 0.4) is 0 Å². The standard InChI is InChI=1S/C38H24N4/c39-23-25-5-13-30(14-6-25)42(31-15-7-26(24-40)8-16-31)36-20-12-29-9-17-32-35(41-22-21-27-3-1-2-4-34(27)41)19-11-28-10-18-33(36)38(29)37(28)32/h1-20H,21-22H2. The van der Waals surface area contributed by atoms with E-state index in [4.69, 9.17) is 0 Å². The molecule has 0 spiro atoms. The molecule has 1 aliphatic rings. The van der Waals surface area contributed by atoms with E-state index in [1.54, 1.807) is 0 Å². The molecule has 7 aromatic carbocycles. The Morgan fingerprint density at radius 3 is 1.79 bits per heavy atom. The van der Waals surface area contributed by atoms with Crippen LogP contribution in [-0.4, -0.2) is 6.54 Å². The van der Waals surface area contributed by atoms with Crippen molar-refractivity contribution in [2.75, 3.05) is 16.3 Å². The van der Waals surface area contributed by atoms with E-state index in [0.29, 0.717) is 11.1 Å². The normalized spacial score (nSPS) is 12.5. The van der Waals surface area contributed by atoms with Gasteiger partial charge in [0.05, 0.1) is 29.0 Å². The number of hydrogen-bond acceptors (Lipinski definition) is 4. The lowest BCUT2D eigenvalue weighted by Gasteiger charge is -2.28. The Bertz CT molecular complexity index is 2160. The zero-order valence-corrected chi connectivity index (χ0v) is 22.8. The van der Waals surface area contributed by atoms with Crippen LogP contribution in [0.15, 0.2) is 121 Å². The van der Waals surface area contributed by atoms with E-state index in [9.17, 15) is 10.5 Å². The summed E-state index contributed by atoms with van der Waals surface area (Å²) in [4.78, 5) is 4.67. The van der Waals surface area contributed by atoms with Crippen molar-refractivity contribution in [3.63, 3.8) is 0 Å². The largest absolute Gasteiger partial charge is 0.340 e. The number of rotatable bonds is 4. The summed E-state index contributed by atoms with van der Waals surface area (Å²) in [6, 6.07) is 46.4. The van der Waals surface area contributed by atoms with Crippen molar-refractivity contribution < 1.29 is 0 Å². The molecule has 0 N–H and O–H groups in total. The maximum atomic E-state index is 9.41. The molecule has 0 unspecified atom stereocenters. The monoisotopic (exact) mass is 536 g/mol. The van der Waals surface area contributed by atoms with E-state index in [1.807, 2.05) is 48.5 Å². The Morgan fingerprint density at radius 1 is 0.548 bits per heavy atom. The van der Waals surface area contributed by atoms with Crippen molar-refractivity contribution in [1.29, 1.82) is 10.5 Å². The molecule has 0 bridgehead atoms. The minimum absolute atomic E-state index is 0.616. The lowest BCUT2D eigenvalue weighted by atomic mass is 9.92. The molecule has 1 heterocycles. The van der Waals surface area contributed by atoms with Gasteiger partial charge in [0.15, 0.2) is 0 Å². The van der Waals surface area contributed by atoms with Crippen LogP contribution < -0.4 is 9.80 Å². The van der Waals surface area contributed by atoms with E-state index in [-0.39, 0.29) is 0 Å². The number of hydrogen-bond donors (Lipinski definition) is 0. The summed E-state index contributed by atoms with van der Waals surface area (Å²) in [5.74, 6) is 0. The van der Waals surface area contributed by atoms with Crippen LogP contribution in [0.5, 0.6) is 0 Å². The first-order chi connectivity index (χ1) is 20.7. The summed E-state index contributed by atoms with van der Waals surface area (Å²) in [7, 11) is 0. The van der Waals surface area contributed by atoms with Gasteiger partial charge in [-0.05, 0) is 100 Å². The zero-order chi connectivity index (χ0) is 28.2. The first-order valence-electron chi connectivity index (χ1n) is 14.1. The van der Waals surface area contributed by atoms with Crippen LogP contribution in [0.4, 0.5) is 28.4 Å². The molecule has 0 atom stereocenters. The first kappa shape index (κ1) is 24.0. The van der Waals surface area contributed by atoms with E-state index in [1.165, 1.54) is 43.9 Å². The Balaban J connectivity index is 1.38. The molecular weight excluding hydrogens is 512 g/mol. The van der Waals surface area contributed by atoms with Crippen molar-refractivity contribution in [2.24, 2.45) is 0 Å². The minimum atomic E-state index is 0.616. The molecule has 4 nitrogen and oxygen atoms in total. The maximum Gasteiger partial charge on any atom is 0.0991 e. The summed E-state index contributed by atoms with van der Waals surface area (Å²) in [6.45, 7) is 0.972. The van der Waals surface area contributed by atoms with Gasteiger partial charge in [0.2, 0.25) is 0 Å². The Kier molecular flexibility index (Phi) is 5.36. The minimum Gasteiger partial charge on any atom is -0.340 e. The Labute approximate surface area is 243 Å². The van der Waals surface area contributed by atoms with Gasteiger partial charge in [0.25, 0.3) is 0 Å². The third-order valence-electron chi connectivity index (χ3n) is 8.55. The van der Waals surface area contributed by atoms with Crippen molar-refractivity contribution >= 4 is 60.8 Å².